The minimum Gasteiger partial charge on any atom is -0.545 e. The van der Waals surface area contributed by atoms with E-state index in [1.165, 1.54) is 6.07 Å². The van der Waals surface area contributed by atoms with Gasteiger partial charge in [0.15, 0.2) is 5.78 Å². The van der Waals surface area contributed by atoms with Crippen LogP contribution in [0.1, 0.15) is 20.0 Å². The summed E-state index contributed by atoms with van der Waals surface area (Å²) in [6.45, 7) is 0.281. The smallest absolute Gasteiger partial charge is 0.545 e. The number of thiophene rings is 1. The maximum absolute atomic E-state index is 11.9. The number of hydrogen-bond donors (Lipinski definition) is 1. The summed E-state index contributed by atoms with van der Waals surface area (Å²) in [6, 6.07) is 1.25. The fourth-order valence-electron chi connectivity index (χ4n) is 1.59. The van der Waals surface area contributed by atoms with Gasteiger partial charge in [-0.05, 0) is 34.3 Å². The Labute approximate surface area is 155 Å². The molecule has 1 aromatic rings. The summed E-state index contributed by atoms with van der Waals surface area (Å²) in [7, 11) is 6.93. The van der Waals surface area contributed by atoms with Crippen LogP contribution in [0.4, 0.5) is 5.00 Å². The predicted octanol–water partition coefficient (Wildman–Crippen LogP) is -3.64. The molecule has 0 bridgehead atoms. The Morgan fingerprint density at radius 2 is 1.68 bits per heavy atom. The number of aromatic carboxylic acids is 1. The van der Waals surface area contributed by atoms with Crippen LogP contribution in [0.5, 0.6) is 0 Å². The first-order valence-electron chi connectivity index (χ1n) is 6.18. The number of carboxylic acids is 1. The summed E-state index contributed by atoms with van der Waals surface area (Å²) in [5, 5.41) is 13.7. The summed E-state index contributed by atoms with van der Waals surface area (Å²) in [5.74, 6) is -1.98. The molecule has 0 aliphatic heterocycles. The number of ketones is 1. The molecular weight excluding hydrogens is 317 g/mol. The molecule has 7 nitrogen and oxygen atoms in total. The van der Waals surface area contributed by atoms with Gasteiger partial charge in [-0.1, -0.05) is 0 Å². The summed E-state index contributed by atoms with van der Waals surface area (Å²) in [4.78, 5) is 38.4. The first-order chi connectivity index (χ1) is 9.70. The molecule has 0 unspecified atom stereocenters. The third-order valence-corrected chi connectivity index (χ3v) is 3.49. The van der Waals surface area contributed by atoms with Crippen molar-refractivity contribution in [3.8, 4) is 0 Å². The maximum atomic E-state index is 11.9. The zero-order valence-corrected chi connectivity index (χ0v) is 16.2. The van der Waals surface area contributed by atoms with E-state index in [1.54, 1.807) is 38.0 Å². The van der Waals surface area contributed by atoms with Gasteiger partial charge in [0.25, 0.3) is 0 Å². The summed E-state index contributed by atoms with van der Waals surface area (Å²) in [6.07, 6.45) is 0. The van der Waals surface area contributed by atoms with E-state index in [-0.39, 0.29) is 69.8 Å². The Morgan fingerprint density at radius 1 is 1.14 bits per heavy atom. The number of nitrogens with one attached hydrogen (secondary N) is 1. The van der Waals surface area contributed by atoms with Crippen molar-refractivity contribution in [1.82, 2.24) is 9.80 Å². The van der Waals surface area contributed by atoms with Crippen molar-refractivity contribution in [3.05, 3.63) is 16.5 Å². The Kier molecular flexibility index (Phi) is 9.06. The van der Waals surface area contributed by atoms with Crippen LogP contribution in [0.3, 0.4) is 0 Å². The molecule has 1 N–H and O–H groups in total. The number of likely N-dealkylation sites (N-methyl/N-ethyl adjacent to an activating group) is 2. The van der Waals surface area contributed by atoms with Crippen LogP contribution in [0.25, 0.3) is 0 Å². The van der Waals surface area contributed by atoms with Gasteiger partial charge in [-0.3, -0.25) is 9.59 Å². The number of carboxylic acid groups (broad SMARTS) is 1. The van der Waals surface area contributed by atoms with Gasteiger partial charge in [0.05, 0.1) is 23.9 Å². The molecule has 0 atom stereocenters. The molecule has 0 aromatic carbocycles. The first kappa shape index (κ1) is 21.2. The zero-order chi connectivity index (χ0) is 16.2. The topological polar surface area (TPSA) is 92.8 Å². The molecule has 1 rings (SSSR count). The normalized spacial score (nSPS) is 10.5. The Balaban J connectivity index is 0.00000441. The van der Waals surface area contributed by atoms with Gasteiger partial charge in [-0.2, -0.15) is 0 Å². The van der Waals surface area contributed by atoms with Gasteiger partial charge >= 0.3 is 29.6 Å². The van der Waals surface area contributed by atoms with E-state index in [9.17, 15) is 19.5 Å². The Bertz CT molecular complexity index is 557. The van der Waals surface area contributed by atoms with Gasteiger partial charge < -0.3 is 25.0 Å². The van der Waals surface area contributed by atoms with Crippen molar-refractivity contribution in [2.45, 2.75) is 0 Å². The van der Waals surface area contributed by atoms with Crippen LogP contribution in [0.2, 0.25) is 0 Å². The molecule has 0 saturated heterocycles. The quantitative estimate of drug-likeness (QED) is 0.408. The average molecular weight is 335 g/mol. The van der Waals surface area contributed by atoms with E-state index in [1.807, 2.05) is 0 Å². The molecule has 0 fully saturated rings. The second-order valence-electron chi connectivity index (χ2n) is 5.09. The van der Waals surface area contributed by atoms with Crippen molar-refractivity contribution in [2.75, 3.05) is 46.6 Å². The molecule has 9 heteroatoms. The fourth-order valence-corrected chi connectivity index (χ4v) is 2.58. The molecule has 116 valence electrons. The minimum atomic E-state index is -1.42. The van der Waals surface area contributed by atoms with E-state index >= 15 is 0 Å². The number of anilines is 1. The van der Waals surface area contributed by atoms with E-state index in [2.05, 4.69) is 5.32 Å². The second kappa shape index (κ2) is 9.39. The van der Waals surface area contributed by atoms with Gasteiger partial charge in [0.1, 0.15) is 5.00 Å². The molecule has 0 spiro atoms. The minimum absolute atomic E-state index is 0. The molecule has 22 heavy (non-hydrogen) atoms. The third kappa shape index (κ3) is 6.55. The van der Waals surface area contributed by atoms with E-state index in [0.29, 0.717) is 0 Å². The first-order valence-corrected chi connectivity index (χ1v) is 7.00. The molecule has 1 amide bonds. The predicted molar refractivity (Wildman–Crippen MR) is 78.7 cm³/mol. The molecule has 0 radical (unpaired) electrons. The standard InChI is InChI=1S/C13H19N3O4S.Na/c1-15(2)6-9(17)10-5-8(13(19)20)12(21-10)14-11(18)7-16(3)4;/h5H,6-7H2,1-4H3,(H,14,18)(H,19,20);/q;+1/p-1. The van der Waals surface area contributed by atoms with Crippen molar-refractivity contribution in [1.29, 1.82) is 0 Å². The largest absolute Gasteiger partial charge is 1.00 e. The van der Waals surface area contributed by atoms with Crippen LogP contribution in [-0.4, -0.2) is 68.7 Å². The van der Waals surface area contributed by atoms with E-state index in [0.717, 1.165) is 11.3 Å². The number of hydrogen-bond acceptors (Lipinski definition) is 7. The van der Waals surface area contributed by atoms with E-state index < -0.39 is 5.97 Å². The summed E-state index contributed by atoms with van der Waals surface area (Å²) in [5.41, 5.74) is -0.172. The van der Waals surface area contributed by atoms with Crippen molar-refractivity contribution in [3.63, 3.8) is 0 Å². The van der Waals surface area contributed by atoms with Gasteiger partial charge in [0.2, 0.25) is 5.91 Å². The fraction of sp³-hybridized carbons (Fsp3) is 0.462. The second-order valence-corrected chi connectivity index (χ2v) is 6.14. The number of nitrogens with zero attached hydrogens (tertiary/aromatic N) is 2. The number of amides is 1. The zero-order valence-electron chi connectivity index (χ0n) is 13.4. The van der Waals surface area contributed by atoms with Crippen LogP contribution < -0.4 is 40.0 Å². The van der Waals surface area contributed by atoms with Crippen molar-refractivity contribution < 1.29 is 49.0 Å². The Morgan fingerprint density at radius 3 is 2.14 bits per heavy atom. The average Bonchev–Trinajstić information content (AvgIpc) is 2.70. The number of rotatable bonds is 7. The summed E-state index contributed by atoms with van der Waals surface area (Å²) >= 11 is 0.946. The molecule has 1 heterocycles. The van der Waals surface area contributed by atoms with Crippen LogP contribution >= 0.6 is 11.3 Å². The van der Waals surface area contributed by atoms with Crippen LogP contribution in [0, 0.1) is 0 Å². The van der Waals surface area contributed by atoms with Gasteiger partial charge in [-0.15, -0.1) is 11.3 Å². The molecule has 1 aromatic heterocycles. The number of Topliss-reactive ketones (excluding diaryl/α,β-unsaturated/α-hetero) is 1. The monoisotopic (exact) mass is 335 g/mol. The van der Waals surface area contributed by atoms with Crippen molar-refractivity contribution in [2.24, 2.45) is 0 Å². The van der Waals surface area contributed by atoms with Gasteiger partial charge in [0, 0.05) is 5.56 Å². The van der Waals surface area contributed by atoms with Crippen LogP contribution in [0.15, 0.2) is 6.07 Å². The molecular formula is C13H18N3NaO4S. The third-order valence-electron chi connectivity index (χ3n) is 2.40. The Hall–Kier alpha value is -0.770. The molecule has 0 aliphatic rings. The number of carbonyl (C=O) groups is 3. The molecule has 0 saturated carbocycles. The van der Waals surface area contributed by atoms with E-state index in [4.69, 9.17) is 0 Å². The molecule has 0 aliphatic carbocycles. The SMILES string of the molecule is CN(C)CC(=O)Nc1sc(C(=O)CN(C)C)cc1C(=O)[O-].[Na+]. The maximum Gasteiger partial charge on any atom is 1.00 e. The van der Waals surface area contributed by atoms with Crippen molar-refractivity contribution >= 4 is 34.0 Å². The van der Waals surface area contributed by atoms with Crippen LogP contribution in [-0.2, 0) is 4.79 Å². The number of carbonyl (C=O) groups excluding carboxylic acids is 3. The van der Waals surface area contributed by atoms with Gasteiger partial charge in [-0.25, -0.2) is 0 Å². The summed E-state index contributed by atoms with van der Waals surface area (Å²) < 4.78 is 0.